The smallest absolute Gasteiger partial charge is 0.261 e. The molecule has 3 rings (SSSR count). The van der Waals surface area contributed by atoms with E-state index in [1.165, 1.54) is 31.2 Å². The molecule has 25 heavy (non-hydrogen) atoms. The number of anilines is 1. The highest BCUT2D eigenvalue weighted by Gasteiger charge is 2.15. The number of rotatable bonds is 6. The van der Waals surface area contributed by atoms with Crippen LogP contribution in [0.2, 0.25) is 0 Å². The highest BCUT2D eigenvalue weighted by atomic mass is 32.2. The van der Waals surface area contributed by atoms with Gasteiger partial charge in [0.25, 0.3) is 10.0 Å². The van der Waals surface area contributed by atoms with Crippen LogP contribution < -0.4 is 4.72 Å². The summed E-state index contributed by atoms with van der Waals surface area (Å²) < 4.78 is 29.5. The van der Waals surface area contributed by atoms with Crippen molar-refractivity contribution < 1.29 is 13.2 Å². The Morgan fingerprint density at radius 3 is 2.56 bits per heavy atom. The summed E-state index contributed by atoms with van der Waals surface area (Å²) >= 11 is 3.20. The molecule has 1 aromatic heterocycles. The van der Waals surface area contributed by atoms with Crippen molar-refractivity contribution in [3.8, 4) is 0 Å². The minimum Gasteiger partial charge on any atom is -0.295 e. The first kappa shape index (κ1) is 17.9. The Hall–Kier alpha value is -1.90. The number of ketones is 1. The lowest BCUT2D eigenvalue weighted by Gasteiger charge is -2.08. The first-order valence-corrected chi connectivity index (χ1v) is 10.8. The quantitative estimate of drug-likeness (QED) is 0.497. The van der Waals surface area contributed by atoms with Gasteiger partial charge in [-0.15, -0.1) is 11.3 Å². The van der Waals surface area contributed by atoms with E-state index in [-0.39, 0.29) is 10.7 Å². The summed E-state index contributed by atoms with van der Waals surface area (Å²) in [5.74, 6) is 0.837. The van der Waals surface area contributed by atoms with E-state index in [2.05, 4.69) is 16.6 Å². The number of aromatic nitrogens is 1. The van der Waals surface area contributed by atoms with E-state index in [0.717, 1.165) is 20.3 Å². The van der Waals surface area contributed by atoms with Gasteiger partial charge in [-0.25, -0.2) is 13.4 Å². The van der Waals surface area contributed by atoms with Gasteiger partial charge < -0.3 is 0 Å². The van der Waals surface area contributed by atoms with Crippen LogP contribution >= 0.6 is 23.1 Å². The lowest BCUT2D eigenvalue weighted by molar-refractivity contribution is 0.101. The normalized spacial score (nSPS) is 11.6. The van der Waals surface area contributed by atoms with E-state index in [9.17, 15) is 13.2 Å². The predicted molar refractivity (Wildman–Crippen MR) is 103 cm³/mol. The van der Waals surface area contributed by atoms with Crippen LogP contribution in [0.1, 0.15) is 24.2 Å². The number of benzene rings is 2. The molecule has 0 saturated heterocycles. The Morgan fingerprint density at radius 2 is 1.92 bits per heavy atom. The molecular formula is C17H16N2O3S3. The lowest BCUT2D eigenvalue weighted by Crippen LogP contribution is -2.13. The number of hydrogen-bond donors (Lipinski definition) is 1. The summed E-state index contributed by atoms with van der Waals surface area (Å²) in [6.07, 6.45) is 0. The standard InChI is InChI=1S/C17H16N2O3S3/c1-3-23-17-18-15-9-6-13(10-16(15)24-17)19-25(21,22)14-7-4-12(5-8-14)11(2)20/h4-10,19H,3H2,1-2H3. The lowest BCUT2D eigenvalue weighted by atomic mass is 10.2. The average Bonchev–Trinajstić information content (AvgIpc) is 2.96. The molecule has 0 spiro atoms. The van der Waals surface area contributed by atoms with Crippen LogP contribution in [0.15, 0.2) is 51.7 Å². The largest absolute Gasteiger partial charge is 0.295 e. The number of nitrogens with zero attached hydrogens (tertiary/aromatic N) is 1. The van der Waals surface area contributed by atoms with Crippen molar-refractivity contribution in [3.63, 3.8) is 0 Å². The van der Waals surface area contributed by atoms with Crippen molar-refractivity contribution in [1.29, 1.82) is 0 Å². The molecule has 0 unspecified atom stereocenters. The Kier molecular flexibility index (Phi) is 5.12. The molecule has 8 heteroatoms. The number of sulfonamides is 1. The van der Waals surface area contributed by atoms with Gasteiger partial charge in [0.15, 0.2) is 10.1 Å². The number of carbonyl (C=O) groups is 1. The molecule has 0 atom stereocenters. The van der Waals surface area contributed by atoms with Crippen molar-refractivity contribution in [3.05, 3.63) is 48.0 Å². The molecule has 0 aliphatic carbocycles. The van der Waals surface area contributed by atoms with Gasteiger partial charge in [-0.2, -0.15) is 0 Å². The highest BCUT2D eigenvalue weighted by molar-refractivity contribution is 8.01. The number of thioether (sulfide) groups is 1. The summed E-state index contributed by atoms with van der Waals surface area (Å²) in [7, 11) is -3.71. The molecule has 3 aromatic rings. The van der Waals surface area contributed by atoms with Crippen molar-refractivity contribution in [2.45, 2.75) is 23.1 Å². The van der Waals surface area contributed by atoms with Crippen molar-refractivity contribution in [1.82, 2.24) is 4.98 Å². The SMILES string of the molecule is CCSc1nc2ccc(NS(=O)(=O)c3ccc(C(C)=O)cc3)cc2s1. The van der Waals surface area contributed by atoms with Gasteiger partial charge in [-0.1, -0.05) is 30.8 Å². The van der Waals surface area contributed by atoms with E-state index >= 15 is 0 Å². The number of nitrogens with one attached hydrogen (secondary N) is 1. The third-order valence-electron chi connectivity index (χ3n) is 3.46. The second kappa shape index (κ2) is 7.15. The van der Waals surface area contributed by atoms with Crippen molar-refractivity contribution >= 4 is 54.8 Å². The fraction of sp³-hybridized carbons (Fsp3) is 0.176. The maximum atomic E-state index is 12.5. The second-order valence-corrected chi connectivity index (χ2v) is 9.51. The van der Waals surface area contributed by atoms with Crippen LogP contribution in [0.25, 0.3) is 10.2 Å². The molecule has 0 amide bonds. The summed E-state index contributed by atoms with van der Waals surface area (Å²) in [6, 6.07) is 11.2. The van der Waals surface area contributed by atoms with Gasteiger partial charge in [0.1, 0.15) is 0 Å². The fourth-order valence-electron chi connectivity index (χ4n) is 2.24. The predicted octanol–water partition coefficient (Wildman–Crippen LogP) is 4.41. The third-order valence-corrected chi connectivity index (χ3v) is 6.90. The number of fused-ring (bicyclic) bond motifs is 1. The number of Topliss-reactive ketones (excluding diaryl/α,β-unsaturated/α-hetero) is 1. The Morgan fingerprint density at radius 1 is 1.20 bits per heavy atom. The summed E-state index contributed by atoms with van der Waals surface area (Å²) in [5.41, 5.74) is 1.82. The zero-order valence-corrected chi connectivity index (χ0v) is 16.1. The molecule has 2 aromatic carbocycles. The van der Waals surface area contributed by atoms with E-state index < -0.39 is 10.0 Å². The third kappa shape index (κ3) is 4.02. The number of thiazole rings is 1. The van der Waals surface area contributed by atoms with E-state index in [1.54, 1.807) is 35.2 Å². The topological polar surface area (TPSA) is 76.1 Å². The maximum absolute atomic E-state index is 12.5. The average molecular weight is 393 g/mol. The molecule has 1 N–H and O–H groups in total. The first-order chi connectivity index (χ1) is 11.9. The molecule has 0 radical (unpaired) electrons. The maximum Gasteiger partial charge on any atom is 0.261 e. The zero-order chi connectivity index (χ0) is 18.0. The van der Waals surface area contributed by atoms with Crippen LogP contribution in [-0.4, -0.2) is 24.9 Å². The molecule has 0 bridgehead atoms. The highest BCUT2D eigenvalue weighted by Crippen LogP contribution is 2.31. The van der Waals surface area contributed by atoms with Crippen LogP contribution in [0.5, 0.6) is 0 Å². The van der Waals surface area contributed by atoms with Gasteiger partial charge in [0.05, 0.1) is 20.8 Å². The Labute approximate surface area is 154 Å². The van der Waals surface area contributed by atoms with Crippen LogP contribution in [0.4, 0.5) is 5.69 Å². The van der Waals surface area contributed by atoms with Crippen LogP contribution in [0, 0.1) is 0 Å². The van der Waals surface area contributed by atoms with Crippen molar-refractivity contribution in [2.75, 3.05) is 10.5 Å². The molecule has 0 aliphatic rings. The van der Waals surface area contributed by atoms with Gasteiger partial charge in [-0.05, 0) is 43.0 Å². The molecule has 1 heterocycles. The zero-order valence-electron chi connectivity index (χ0n) is 13.6. The summed E-state index contributed by atoms with van der Waals surface area (Å²) in [5, 5.41) is 0. The first-order valence-electron chi connectivity index (χ1n) is 7.56. The molecular weight excluding hydrogens is 376 g/mol. The number of carbonyl (C=O) groups excluding carboxylic acids is 1. The number of hydrogen-bond acceptors (Lipinski definition) is 6. The van der Waals surface area contributed by atoms with Gasteiger partial charge in [-0.3, -0.25) is 9.52 Å². The Bertz CT molecular complexity index is 1020. The Balaban J connectivity index is 1.86. The van der Waals surface area contributed by atoms with Crippen LogP contribution in [0.3, 0.4) is 0 Å². The van der Waals surface area contributed by atoms with Gasteiger partial charge in [0.2, 0.25) is 0 Å². The van der Waals surface area contributed by atoms with E-state index in [4.69, 9.17) is 0 Å². The van der Waals surface area contributed by atoms with Gasteiger partial charge >= 0.3 is 0 Å². The molecule has 0 aliphatic heterocycles. The van der Waals surface area contributed by atoms with Crippen LogP contribution in [-0.2, 0) is 10.0 Å². The van der Waals surface area contributed by atoms with Gasteiger partial charge in [0, 0.05) is 5.56 Å². The molecule has 130 valence electrons. The fourth-order valence-corrected chi connectivity index (χ4v) is 5.29. The molecule has 0 saturated carbocycles. The second-order valence-electron chi connectivity index (χ2n) is 5.28. The van der Waals surface area contributed by atoms with E-state index in [1.807, 2.05) is 6.07 Å². The minimum atomic E-state index is -3.71. The summed E-state index contributed by atoms with van der Waals surface area (Å²) in [6.45, 7) is 3.50. The monoisotopic (exact) mass is 392 g/mol. The molecule has 0 fully saturated rings. The van der Waals surface area contributed by atoms with E-state index in [0.29, 0.717) is 11.3 Å². The van der Waals surface area contributed by atoms with Crippen molar-refractivity contribution in [2.24, 2.45) is 0 Å². The minimum absolute atomic E-state index is 0.103. The summed E-state index contributed by atoms with van der Waals surface area (Å²) in [4.78, 5) is 15.9. The molecule has 5 nitrogen and oxygen atoms in total.